The van der Waals surface area contributed by atoms with Crippen LogP contribution in [0.15, 0.2) is 54.6 Å². The van der Waals surface area contributed by atoms with Crippen molar-refractivity contribution in [2.24, 2.45) is 0 Å². The molecule has 34 heavy (non-hydrogen) atoms. The fourth-order valence-electron chi connectivity index (χ4n) is 5.50. The number of rotatable bonds is 4. The van der Waals surface area contributed by atoms with Crippen LogP contribution in [-0.4, -0.2) is 31.2 Å². The van der Waals surface area contributed by atoms with Gasteiger partial charge in [0.25, 0.3) is 0 Å². The molecule has 5 heteroatoms. The molecule has 4 aromatic rings. The van der Waals surface area contributed by atoms with E-state index in [1.807, 2.05) is 36.4 Å². The molecular weight excluding hydrogens is 427 g/mol. The number of nitrogens with one attached hydrogen (secondary N) is 1. The predicted octanol–water partition coefficient (Wildman–Crippen LogP) is 6.25. The molecule has 3 aromatic carbocycles. The zero-order valence-corrected chi connectivity index (χ0v) is 19.3. The van der Waals surface area contributed by atoms with Crippen LogP contribution in [0.5, 0.6) is 0 Å². The van der Waals surface area contributed by atoms with Gasteiger partial charge in [0.1, 0.15) is 0 Å². The molecule has 172 valence electrons. The second-order valence-electron chi connectivity index (χ2n) is 9.34. The summed E-state index contributed by atoms with van der Waals surface area (Å²) in [7, 11) is 1.40. The van der Waals surface area contributed by atoms with Crippen molar-refractivity contribution in [2.45, 2.75) is 32.1 Å². The van der Waals surface area contributed by atoms with Crippen LogP contribution >= 0.6 is 0 Å². The summed E-state index contributed by atoms with van der Waals surface area (Å²) in [6, 6.07) is 18.2. The molecule has 1 aliphatic carbocycles. The summed E-state index contributed by atoms with van der Waals surface area (Å²) >= 11 is 0. The summed E-state index contributed by atoms with van der Waals surface area (Å²) in [6.45, 7) is 2.19. The summed E-state index contributed by atoms with van der Waals surface area (Å²) in [6.07, 6.45) is 4.76. The van der Waals surface area contributed by atoms with E-state index < -0.39 is 0 Å². The lowest BCUT2D eigenvalue weighted by atomic mass is 10.0. The van der Waals surface area contributed by atoms with Crippen LogP contribution in [-0.2, 0) is 22.4 Å². The lowest BCUT2D eigenvalue weighted by Gasteiger charge is -2.28. The SMILES string of the molecule is COC(=O)Cc1ccc2c(c1)Cc1c-2[nH]c2c(F)c(-c3ccc(N4CCCCC4)cc3)ccc12. The van der Waals surface area contributed by atoms with Crippen molar-refractivity contribution in [1.29, 1.82) is 0 Å². The third-order valence-corrected chi connectivity index (χ3v) is 7.30. The molecule has 0 unspecified atom stereocenters. The smallest absolute Gasteiger partial charge is 0.309 e. The molecule has 0 amide bonds. The van der Waals surface area contributed by atoms with Gasteiger partial charge in [-0.15, -0.1) is 0 Å². The number of halogens is 1. The topological polar surface area (TPSA) is 45.3 Å². The van der Waals surface area contributed by atoms with E-state index in [0.717, 1.165) is 58.4 Å². The summed E-state index contributed by atoms with van der Waals surface area (Å²) < 4.78 is 20.5. The van der Waals surface area contributed by atoms with Gasteiger partial charge in [0.2, 0.25) is 0 Å². The van der Waals surface area contributed by atoms with Crippen molar-refractivity contribution in [1.82, 2.24) is 4.98 Å². The molecular formula is C29H27FN2O2. The van der Waals surface area contributed by atoms with E-state index in [4.69, 9.17) is 4.74 Å². The molecule has 2 heterocycles. The monoisotopic (exact) mass is 454 g/mol. The van der Waals surface area contributed by atoms with Crippen molar-refractivity contribution >= 4 is 22.6 Å². The number of aromatic amines is 1. The molecule has 2 aliphatic rings. The van der Waals surface area contributed by atoms with Gasteiger partial charge < -0.3 is 14.6 Å². The Bertz CT molecular complexity index is 1400. The van der Waals surface area contributed by atoms with E-state index in [0.29, 0.717) is 11.1 Å². The zero-order valence-electron chi connectivity index (χ0n) is 19.3. The first-order chi connectivity index (χ1) is 16.6. The predicted molar refractivity (Wildman–Crippen MR) is 134 cm³/mol. The molecule has 6 rings (SSSR count). The molecule has 0 saturated carbocycles. The Balaban J connectivity index is 1.32. The van der Waals surface area contributed by atoms with Crippen LogP contribution in [0.1, 0.15) is 36.0 Å². The summed E-state index contributed by atoms with van der Waals surface area (Å²) in [5, 5.41) is 0.923. The van der Waals surface area contributed by atoms with E-state index in [2.05, 4.69) is 28.1 Å². The Labute approximate surface area is 198 Å². The Kier molecular flexibility index (Phi) is 5.13. The maximum absolute atomic E-state index is 15.7. The van der Waals surface area contributed by atoms with Gasteiger partial charge >= 0.3 is 5.97 Å². The molecule has 1 saturated heterocycles. The standard InChI is InChI=1S/C29H27FN2O2/c1-34-26(33)16-18-5-10-23-20(15-18)17-25-24-12-11-22(27(30)29(24)31-28(23)25)19-6-8-21(9-7-19)32-13-3-2-4-14-32/h5-12,15,31H,2-4,13-14,16-17H2,1H3. The quantitative estimate of drug-likeness (QED) is 0.327. The van der Waals surface area contributed by atoms with Crippen LogP contribution in [0.4, 0.5) is 10.1 Å². The molecule has 1 N–H and O–H groups in total. The number of anilines is 1. The molecule has 4 nitrogen and oxygen atoms in total. The maximum atomic E-state index is 15.7. The molecule has 1 aliphatic heterocycles. The highest BCUT2D eigenvalue weighted by molar-refractivity contribution is 5.97. The van der Waals surface area contributed by atoms with Gasteiger partial charge in [-0.3, -0.25) is 4.79 Å². The van der Waals surface area contributed by atoms with Gasteiger partial charge in [0, 0.05) is 41.7 Å². The van der Waals surface area contributed by atoms with Crippen LogP contribution < -0.4 is 4.90 Å². The molecule has 0 radical (unpaired) electrons. The van der Waals surface area contributed by atoms with Gasteiger partial charge in [0.15, 0.2) is 5.82 Å². The zero-order chi connectivity index (χ0) is 23.2. The van der Waals surface area contributed by atoms with E-state index in [9.17, 15) is 4.79 Å². The lowest BCUT2D eigenvalue weighted by molar-refractivity contribution is -0.139. The minimum absolute atomic E-state index is 0.207. The highest BCUT2D eigenvalue weighted by Crippen LogP contribution is 2.42. The van der Waals surface area contributed by atoms with Crippen molar-refractivity contribution in [3.63, 3.8) is 0 Å². The van der Waals surface area contributed by atoms with E-state index >= 15 is 4.39 Å². The first-order valence-corrected chi connectivity index (χ1v) is 12.0. The number of piperidine rings is 1. The first-order valence-electron chi connectivity index (χ1n) is 12.0. The minimum atomic E-state index is -0.250. The first kappa shape index (κ1) is 21.0. The fourth-order valence-corrected chi connectivity index (χ4v) is 5.50. The Hall–Kier alpha value is -3.60. The highest BCUT2D eigenvalue weighted by Gasteiger charge is 2.26. The van der Waals surface area contributed by atoms with Crippen molar-refractivity contribution in [2.75, 3.05) is 25.1 Å². The molecule has 1 aromatic heterocycles. The Morgan fingerprint density at radius 1 is 1.00 bits per heavy atom. The third kappa shape index (κ3) is 3.47. The van der Waals surface area contributed by atoms with Gasteiger partial charge in [-0.1, -0.05) is 42.5 Å². The number of benzene rings is 3. The highest BCUT2D eigenvalue weighted by atomic mass is 19.1. The van der Waals surface area contributed by atoms with E-state index in [1.54, 1.807) is 0 Å². The summed E-state index contributed by atoms with van der Waals surface area (Å²) in [4.78, 5) is 17.4. The van der Waals surface area contributed by atoms with Crippen molar-refractivity contribution in [3.05, 3.63) is 77.1 Å². The maximum Gasteiger partial charge on any atom is 0.309 e. The van der Waals surface area contributed by atoms with Crippen LogP contribution in [0.25, 0.3) is 33.3 Å². The fraction of sp³-hybridized carbons (Fsp3) is 0.276. The number of hydrogen-bond donors (Lipinski definition) is 1. The second kappa shape index (κ2) is 8.32. The average molecular weight is 455 g/mol. The summed E-state index contributed by atoms with van der Waals surface area (Å²) in [5.74, 6) is -0.457. The van der Waals surface area contributed by atoms with Crippen molar-refractivity contribution in [3.8, 4) is 22.4 Å². The number of ether oxygens (including phenoxy) is 1. The van der Waals surface area contributed by atoms with Gasteiger partial charge in [-0.25, -0.2) is 4.39 Å². The molecule has 0 atom stereocenters. The number of aromatic nitrogens is 1. The molecule has 0 bridgehead atoms. The van der Waals surface area contributed by atoms with E-state index in [-0.39, 0.29) is 18.2 Å². The minimum Gasteiger partial charge on any atom is -0.469 e. The van der Waals surface area contributed by atoms with Crippen molar-refractivity contribution < 1.29 is 13.9 Å². The Morgan fingerprint density at radius 3 is 2.53 bits per heavy atom. The van der Waals surface area contributed by atoms with Crippen LogP contribution in [0.2, 0.25) is 0 Å². The molecule has 1 fully saturated rings. The van der Waals surface area contributed by atoms with Crippen LogP contribution in [0, 0.1) is 5.82 Å². The van der Waals surface area contributed by atoms with Gasteiger partial charge in [-0.05, 0) is 53.6 Å². The lowest BCUT2D eigenvalue weighted by Crippen LogP contribution is -2.29. The number of esters is 1. The van der Waals surface area contributed by atoms with Gasteiger partial charge in [-0.2, -0.15) is 0 Å². The van der Waals surface area contributed by atoms with E-state index in [1.165, 1.54) is 32.1 Å². The van der Waals surface area contributed by atoms with Gasteiger partial charge in [0.05, 0.1) is 24.7 Å². The normalized spacial score (nSPS) is 14.8. The Morgan fingerprint density at radius 2 is 1.76 bits per heavy atom. The molecule has 0 spiro atoms. The number of fused-ring (bicyclic) bond motifs is 5. The average Bonchev–Trinajstić information content (AvgIpc) is 3.41. The van der Waals surface area contributed by atoms with Crippen LogP contribution in [0.3, 0.4) is 0 Å². The number of methoxy groups -OCH3 is 1. The number of hydrogen-bond acceptors (Lipinski definition) is 3. The number of carbonyl (C=O) groups excluding carboxylic acids is 1. The number of carbonyl (C=O) groups is 1. The third-order valence-electron chi connectivity index (χ3n) is 7.30. The summed E-state index contributed by atoms with van der Waals surface area (Å²) in [5.41, 5.74) is 8.54. The number of H-pyrrole nitrogens is 1. The number of nitrogens with zero attached hydrogens (tertiary/aromatic N) is 1. The second-order valence-corrected chi connectivity index (χ2v) is 9.34. The largest absolute Gasteiger partial charge is 0.469 e.